The minimum absolute atomic E-state index is 0.295. The Balaban J connectivity index is 2.54. The van der Waals surface area contributed by atoms with E-state index < -0.39 is 0 Å². The van der Waals surface area contributed by atoms with Crippen molar-refractivity contribution in [1.29, 1.82) is 0 Å². The van der Waals surface area contributed by atoms with Gasteiger partial charge in [0, 0.05) is 0 Å². The summed E-state index contributed by atoms with van der Waals surface area (Å²) in [5.41, 5.74) is 1.25. The van der Waals surface area contributed by atoms with E-state index in [9.17, 15) is 0 Å². The summed E-state index contributed by atoms with van der Waals surface area (Å²) in [6, 6.07) is 8.22. The van der Waals surface area contributed by atoms with Gasteiger partial charge in [0.25, 0.3) is 0 Å². The molecule has 0 bridgehead atoms. The summed E-state index contributed by atoms with van der Waals surface area (Å²) in [6.07, 6.45) is 1.15. The van der Waals surface area contributed by atoms with E-state index in [0.717, 1.165) is 12.2 Å². The first-order valence-corrected chi connectivity index (χ1v) is 5.95. The molecule has 0 heterocycles. The van der Waals surface area contributed by atoms with Crippen LogP contribution in [0.15, 0.2) is 24.3 Å². The zero-order valence-corrected chi connectivity index (χ0v) is 10.4. The molecule has 0 saturated carbocycles. The van der Waals surface area contributed by atoms with Gasteiger partial charge in [-0.3, -0.25) is 0 Å². The maximum atomic E-state index is 5.77. The van der Waals surface area contributed by atoms with E-state index in [-0.39, 0.29) is 0 Å². The molecule has 0 spiro atoms. The van der Waals surface area contributed by atoms with Crippen LogP contribution < -0.4 is 4.43 Å². The maximum absolute atomic E-state index is 5.77. The summed E-state index contributed by atoms with van der Waals surface area (Å²) in [5, 5.41) is 0.295. The lowest BCUT2D eigenvalue weighted by molar-refractivity contribution is 0.517. The van der Waals surface area contributed by atoms with Gasteiger partial charge < -0.3 is 4.43 Å². The summed E-state index contributed by atoms with van der Waals surface area (Å²) in [4.78, 5) is 0. The quantitative estimate of drug-likeness (QED) is 0.684. The molecule has 0 saturated heterocycles. The molecule has 1 nitrogen and oxygen atoms in total. The third-order valence-electron chi connectivity index (χ3n) is 2.32. The molecular formula is C12H18OSi. The molecule has 0 N–H and O–H groups in total. The Morgan fingerprint density at radius 1 is 1.36 bits per heavy atom. The average molecular weight is 206 g/mol. The van der Waals surface area contributed by atoms with Gasteiger partial charge in [0.15, 0.2) is 0 Å². The van der Waals surface area contributed by atoms with Crippen molar-refractivity contribution in [1.82, 2.24) is 0 Å². The standard InChI is InChI=1S/C12H18OSi/c1-5-12(3,4)14-13-11-8-6-7-10(2)9-11/h6-9H,5H2,1-4H3. The molecule has 1 aromatic carbocycles. The lowest BCUT2D eigenvalue weighted by atomic mass is 10.1. The molecule has 0 atom stereocenters. The van der Waals surface area contributed by atoms with Crippen molar-refractivity contribution in [3.8, 4) is 5.75 Å². The summed E-state index contributed by atoms with van der Waals surface area (Å²) < 4.78 is 5.77. The average Bonchev–Trinajstić information content (AvgIpc) is 2.15. The SMILES string of the molecule is CCC(C)(C)[Si]Oc1cccc(C)c1. The van der Waals surface area contributed by atoms with Crippen LogP contribution in [0.3, 0.4) is 0 Å². The van der Waals surface area contributed by atoms with Crippen LogP contribution in [0.1, 0.15) is 32.8 Å². The Hall–Kier alpha value is -0.763. The van der Waals surface area contributed by atoms with Crippen LogP contribution in [0.2, 0.25) is 5.04 Å². The van der Waals surface area contributed by atoms with Gasteiger partial charge in [-0.15, -0.1) is 0 Å². The van der Waals surface area contributed by atoms with Crippen molar-refractivity contribution in [2.45, 2.75) is 39.2 Å². The second-order valence-electron chi connectivity index (χ2n) is 4.26. The smallest absolute Gasteiger partial charge is 0.317 e. The van der Waals surface area contributed by atoms with E-state index >= 15 is 0 Å². The van der Waals surface area contributed by atoms with Gasteiger partial charge in [-0.2, -0.15) is 0 Å². The molecule has 0 aromatic heterocycles. The van der Waals surface area contributed by atoms with Crippen LogP contribution in [0.5, 0.6) is 5.75 Å². The molecule has 0 fully saturated rings. The zero-order chi connectivity index (χ0) is 10.6. The Bertz CT molecular complexity index is 294. The van der Waals surface area contributed by atoms with E-state index in [1.54, 1.807) is 0 Å². The molecule has 0 aliphatic heterocycles. The predicted octanol–water partition coefficient (Wildman–Crippen LogP) is 3.60. The Morgan fingerprint density at radius 3 is 2.64 bits per heavy atom. The van der Waals surface area contributed by atoms with Crippen LogP contribution in [0.25, 0.3) is 0 Å². The monoisotopic (exact) mass is 206 g/mol. The van der Waals surface area contributed by atoms with E-state index in [2.05, 4.69) is 39.8 Å². The lowest BCUT2D eigenvalue weighted by Gasteiger charge is -2.20. The Morgan fingerprint density at radius 2 is 2.07 bits per heavy atom. The largest absolute Gasteiger partial charge is 0.540 e. The van der Waals surface area contributed by atoms with Crippen molar-refractivity contribution in [2.75, 3.05) is 0 Å². The van der Waals surface area contributed by atoms with Crippen LogP contribution >= 0.6 is 0 Å². The fourth-order valence-corrected chi connectivity index (χ4v) is 1.61. The van der Waals surface area contributed by atoms with Gasteiger partial charge in [-0.1, -0.05) is 39.3 Å². The molecule has 14 heavy (non-hydrogen) atoms. The molecule has 2 heteroatoms. The first-order valence-electron chi connectivity index (χ1n) is 5.04. The van der Waals surface area contributed by atoms with E-state index in [1.165, 1.54) is 5.56 Å². The highest BCUT2D eigenvalue weighted by Crippen LogP contribution is 2.27. The number of hydrogen-bond donors (Lipinski definition) is 0. The topological polar surface area (TPSA) is 9.23 Å². The molecule has 76 valence electrons. The van der Waals surface area contributed by atoms with Crippen molar-refractivity contribution in [3.63, 3.8) is 0 Å². The molecule has 0 unspecified atom stereocenters. The van der Waals surface area contributed by atoms with Crippen molar-refractivity contribution in [3.05, 3.63) is 29.8 Å². The number of rotatable bonds is 4. The van der Waals surface area contributed by atoms with Gasteiger partial charge in [-0.05, 0) is 29.7 Å². The van der Waals surface area contributed by atoms with Gasteiger partial charge in [0.1, 0.15) is 5.75 Å². The first-order chi connectivity index (χ1) is 6.53. The van der Waals surface area contributed by atoms with Gasteiger partial charge in [-0.25, -0.2) is 0 Å². The number of hydrogen-bond acceptors (Lipinski definition) is 1. The molecular weight excluding hydrogens is 188 g/mol. The second kappa shape index (κ2) is 4.65. The highest BCUT2D eigenvalue weighted by atomic mass is 28.2. The third kappa shape index (κ3) is 3.54. The Kier molecular flexibility index (Phi) is 3.75. The number of benzene rings is 1. The van der Waals surface area contributed by atoms with Gasteiger partial charge in [0.2, 0.25) is 0 Å². The molecule has 1 rings (SSSR count). The fraction of sp³-hybridized carbons (Fsp3) is 0.500. The minimum Gasteiger partial charge on any atom is -0.540 e. The lowest BCUT2D eigenvalue weighted by Crippen LogP contribution is -2.17. The molecule has 1 aromatic rings. The van der Waals surface area contributed by atoms with E-state index in [1.807, 2.05) is 12.1 Å². The maximum Gasteiger partial charge on any atom is 0.317 e. The van der Waals surface area contributed by atoms with Crippen molar-refractivity contribution < 1.29 is 4.43 Å². The van der Waals surface area contributed by atoms with Crippen LogP contribution in [0.4, 0.5) is 0 Å². The fourth-order valence-electron chi connectivity index (χ4n) is 0.948. The van der Waals surface area contributed by atoms with Crippen molar-refractivity contribution in [2.24, 2.45) is 0 Å². The normalized spacial score (nSPS) is 11.4. The summed E-state index contributed by atoms with van der Waals surface area (Å²) in [6.45, 7) is 8.76. The highest BCUT2D eigenvalue weighted by molar-refractivity contribution is 6.33. The van der Waals surface area contributed by atoms with Gasteiger partial charge in [0.05, 0.1) is 0 Å². The minimum atomic E-state index is 0.295. The summed E-state index contributed by atoms with van der Waals surface area (Å²) >= 11 is 0. The zero-order valence-electron chi connectivity index (χ0n) is 9.42. The first kappa shape index (κ1) is 11.3. The molecule has 2 radical (unpaired) electrons. The number of aryl methyl sites for hydroxylation is 1. The summed E-state index contributed by atoms with van der Waals surface area (Å²) in [5.74, 6) is 0.991. The van der Waals surface area contributed by atoms with E-state index in [4.69, 9.17) is 4.43 Å². The Labute approximate surface area is 89.4 Å². The van der Waals surface area contributed by atoms with Crippen LogP contribution in [-0.2, 0) is 0 Å². The summed E-state index contributed by atoms with van der Waals surface area (Å²) in [7, 11) is 0.533. The molecule has 0 aliphatic rings. The van der Waals surface area contributed by atoms with Gasteiger partial charge >= 0.3 is 9.76 Å². The molecule has 0 amide bonds. The predicted molar refractivity (Wildman–Crippen MR) is 61.9 cm³/mol. The molecule has 0 aliphatic carbocycles. The third-order valence-corrected chi connectivity index (χ3v) is 3.56. The van der Waals surface area contributed by atoms with Crippen LogP contribution in [0, 0.1) is 6.92 Å². The van der Waals surface area contributed by atoms with Crippen LogP contribution in [-0.4, -0.2) is 9.76 Å². The second-order valence-corrected chi connectivity index (χ2v) is 6.02. The van der Waals surface area contributed by atoms with E-state index in [0.29, 0.717) is 14.8 Å². The highest BCUT2D eigenvalue weighted by Gasteiger charge is 2.19. The van der Waals surface area contributed by atoms with Crippen molar-refractivity contribution >= 4 is 9.76 Å².